The van der Waals surface area contributed by atoms with Gasteiger partial charge in [-0.15, -0.1) is 11.3 Å². The van der Waals surface area contributed by atoms with Gasteiger partial charge in [0.1, 0.15) is 0 Å². The van der Waals surface area contributed by atoms with E-state index in [-0.39, 0.29) is 16.5 Å². The van der Waals surface area contributed by atoms with Crippen molar-refractivity contribution in [1.29, 1.82) is 0 Å². The maximum atomic E-state index is 13.1. The van der Waals surface area contributed by atoms with Gasteiger partial charge in [-0.1, -0.05) is 59.6 Å². The summed E-state index contributed by atoms with van der Waals surface area (Å²) in [6.07, 6.45) is 0.633. The summed E-state index contributed by atoms with van der Waals surface area (Å²) in [6, 6.07) is 20.6. The first-order chi connectivity index (χ1) is 14.4. The van der Waals surface area contributed by atoms with Gasteiger partial charge in [0.25, 0.3) is 5.91 Å². The second-order valence-corrected chi connectivity index (χ2v) is 8.48. The Balaban J connectivity index is 1.71. The maximum Gasteiger partial charge on any atom is 0.337 e. The molecular weight excluding hydrogens is 418 g/mol. The molecule has 3 aromatic carbocycles. The lowest BCUT2D eigenvalue weighted by Crippen LogP contribution is -2.13. The molecule has 0 aliphatic rings. The van der Waals surface area contributed by atoms with E-state index in [1.807, 2.05) is 31.2 Å². The number of carbonyl (C=O) groups is 2. The quantitative estimate of drug-likeness (QED) is 0.381. The number of fused-ring (bicyclic) bond motifs is 1. The SMILES string of the molecule is Cc1ccc(Cc2c(C(=O)Nc3ccc(Cl)c(C(=O)O)c3)sc3ccccc23)cc1. The van der Waals surface area contributed by atoms with E-state index >= 15 is 0 Å². The summed E-state index contributed by atoms with van der Waals surface area (Å²) in [4.78, 5) is 25.1. The standard InChI is InChI=1S/C24H18ClNO3S/c1-14-6-8-15(9-7-14)12-18-17-4-2-3-5-21(17)30-22(18)23(27)26-16-10-11-20(25)19(13-16)24(28)29/h2-11,13H,12H2,1H3,(H,26,27)(H,28,29). The fourth-order valence-electron chi connectivity index (χ4n) is 3.32. The first kappa shape index (κ1) is 20.1. The number of anilines is 1. The lowest BCUT2D eigenvalue weighted by molar-refractivity contribution is 0.0696. The van der Waals surface area contributed by atoms with Crippen LogP contribution in [0.15, 0.2) is 66.7 Å². The molecule has 4 aromatic rings. The first-order valence-electron chi connectivity index (χ1n) is 9.32. The van der Waals surface area contributed by atoms with Crippen LogP contribution in [-0.2, 0) is 6.42 Å². The summed E-state index contributed by atoms with van der Waals surface area (Å²) in [7, 11) is 0. The number of hydrogen-bond donors (Lipinski definition) is 2. The van der Waals surface area contributed by atoms with Crippen molar-refractivity contribution in [2.24, 2.45) is 0 Å². The Bertz CT molecular complexity index is 1260. The number of nitrogens with one attached hydrogen (secondary N) is 1. The Hall–Kier alpha value is -3.15. The molecule has 0 spiro atoms. The molecule has 1 amide bonds. The second-order valence-electron chi connectivity index (χ2n) is 7.02. The van der Waals surface area contributed by atoms with E-state index in [1.54, 1.807) is 6.07 Å². The van der Waals surface area contributed by atoms with E-state index in [1.165, 1.54) is 29.0 Å². The minimum Gasteiger partial charge on any atom is -0.478 e. The highest BCUT2D eigenvalue weighted by Crippen LogP contribution is 2.34. The van der Waals surface area contributed by atoms with Gasteiger partial charge in [0.2, 0.25) is 0 Å². The zero-order chi connectivity index (χ0) is 21.3. The van der Waals surface area contributed by atoms with Crippen molar-refractivity contribution < 1.29 is 14.7 Å². The Kier molecular flexibility index (Phi) is 5.57. The van der Waals surface area contributed by atoms with Gasteiger partial charge < -0.3 is 10.4 Å². The molecule has 0 saturated heterocycles. The third kappa shape index (κ3) is 4.08. The molecule has 0 unspecified atom stereocenters. The van der Waals surface area contributed by atoms with Crippen LogP contribution in [0.2, 0.25) is 5.02 Å². The Morgan fingerprint density at radius 2 is 1.77 bits per heavy atom. The van der Waals surface area contributed by atoms with Gasteiger partial charge in [-0.3, -0.25) is 4.79 Å². The lowest BCUT2D eigenvalue weighted by Gasteiger charge is -2.09. The molecule has 1 heterocycles. The number of benzene rings is 3. The van der Waals surface area contributed by atoms with Crippen LogP contribution in [0.5, 0.6) is 0 Å². The molecule has 2 N–H and O–H groups in total. The summed E-state index contributed by atoms with van der Waals surface area (Å²) < 4.78 is 1.03. The van der Waals surface area contributed by atoms with Crippen LogP contribution < -0.4 is 5.32 Å². The molecule has 6 heteroatoms. The number of aryl methyl sites for hydroxylation is 1. The molecule has 1 aromatic heterocycles. The normalized spacial score (nSPS) is 10.9. The van der Waals surface area contributed by atoms with Gasteiger partial charge in [-0.05, 0) is 54.1 Å². The minimum absolute atomic E-state index is 0.0503. The molecule has 0 atom stereocenters. The van der Waals surface area contributed by atoms with Crippen molar-refractivity contribution in [1.82, 2.24) is 0 Å². The Morgan fingerprint density at radius 1 is 1.03 bits per heavy atom. The highest BCUT2D eigenvalue weighted by atomic mass is 35.5. The average molecular weight is 436 g/mol. The molecule has 0 fully saturated rings. The van der Waals surface area contributed by atoms with Crippen molar-refractivity contribution in [3.05, 3.63) is 98.9 Å². The molecule has 4 rings (SSSR count). The van der Waals surface area contributed by atoms with E-state index in [0.29, 0.717) is 17.0 Å². The summed E-state index contributed by atoms with van der Waals surface area (Å²) in [5.41, 5.74) is 3.61. The van der Waals surface area contributed by atoms with Gasteiger partial charge in [0.15, 0.2) is 0 Å². The molecule has 0 saturated carbocycles. The predicted molar refractivity (Wildman–Crippen MR) is 122 cm³/mol. The molecule has 30 heavy (non-hydrogen) atoms. The number of amides is 1. The molecule has 0 aliphatic carbocycles. The summed E-state index contributed by atoms with van der Waals surface area (Å²) in [6.45, 7) is 2.04. The largest absolute Gasteiger partial charge is 0.478 e. The van der Waals surface area contributed by atoms with Gasteiger partial charge in [-0.25, -0.2) is 4.79 Å². The minimum atomic E-state index is -1.14. The van der Waals surface area contributed by atoms with Gasteiger partial charge in [0.05, 0.1) is 15.5 Å². The third-order valence-electron chi connectivity index (χ3n) is 4.86. The van der Waals surface area contributed by atoms with Crippen molar-refractivity contribution in [2.45, 2.75) is 13.3 Å². The fraction of sp³-hybridized carbons (Fsp3) is 0.0833. The van der Waals surface area contributed by atoms with E-state index in [0.717, 1.165) is 21.2 Å². The molecular formula is C24H18ClNO3S. The third-order valence-corrected chi connectivity index (χ3v) is 6.40. The van der Waals surface area contributed by atoms with E-state index in [4.69, 9.17) is 11.6 Å². The van der Waals surface area contributed by atoms with E-state index in [2.05, 4.69) is 29.6 Å². The molecule has 0 bridgehead atoms. The van der Waals surface area contributed by atoms with E-state index in [9.17, 15) is 14.7 Å². The van der Waals surface area contributed by atoms with Crippen LogP contribution in [0.25, 0.3) is 10.1 Å². The highest BCUT2D eigenvalue weighted by molar-refractivity contribution is 7.21. The lowest BCUT2D eigenvalue weighted by atomic mass is 10.0. The Morgan fingerprint density at radius 3 is 2.50 bits per heavy atom. The smallest absolute Gasteiger partial charge is 0.337 e. The van der Waals surface area contributed by atoms with Crippen LogP contribution in [0.1, 0.15) is 36.7 Å². The van der Waals surface area contributed by atoms with Crippen LogP contribution in [0.4, 0.5) is 5.69 Å². The van der Waals surface area contributed by atoms with Crippen molar-refractivity contribution in [2.75, 3.05) is 5.32 Å². The van der Waals surface area contributed by atoms with E-state index < -0.39 is 5.97 Å². The zero-order valence-corrected chi connectivity index (χ0v) is 17.7. The number of carboxylic acids is 1. The first-order valence-corrected chi connectivity index (χ1v) is 10.5. The van der Waals surface area contributed by atoms with Crippen molar-refractivity contribution in [3.63, 3.8) is 0 Å². The number of hydrogen-bond acceptors (Lipinski definition) is 3. The van der Waals surface area contributed by atoms with Gasteiger partial charge in [-0.2, -0.15) is 0 Å². The fourth-order valence-corrected chi connectivity index (χ4v) is 4.64. The number of rotatable bonds is 5. The second kappa shape index (κ2) is 8.30. The number of halogens is 1. The molecule has 150 valence electrons. The van der Waals surface area contributed by atoms with Gasteiger partial charge >= 0.3 is 5.97 Å². The molecule has 0 radical (unpaired) electrons. The van der Waals surface area contributed by atoms with Crippen molar-refractivity contribution >= 4 is 50.6 Å². The van der Waals surface area contributed by atoms with Crippen LogP contribution in [-0.4, -0.2) is 17.0 Å². The monoisotopic (exact) mass is 435 g/mol. The molecule has 0 aliphatic heterocycles. The number of carboxylic acid groups (broad SMARTS) is 1. The summed E-state index contributed by atoms with van der Waals surface area (Å²) in [5, 5.41) is 13.3. The predicted octanol–water partition coefficient (Wildman–Crippen LogP) is 6.40. The molecule has 4 nitrogen and oxygen atoms in total. The maximum absolute atomic E-state index is 13.1. The van der Waals surface area contributed by atoms with Crippen LogP contribution >= 0.6 is 22.9 Å². The number of carbonyl (C=O) groups excluding carboxylic acids is 1. The topological polar surface area (TPSA) is 66.4 Å². The van der Waals surface area contributed by atoms with Crippen LogP contribution in [0, 0.1) is 6.92 Å². The zero-order valence-electron chi connectivity index (χ0n) is 16.1. The average Bonchev–Trinajstić information content (AvgIpc) is 3.09. The van der Waals surface area contributed by atoms with Crippen LogP contribution in [0.3, 0.4) is 0 Å². The van der Waals surface area contributed by atoms with Gasteiger partial charge in [0, 0.05) is 10.4 Å². The highest BCUT2D eigenvalue weighted by Gasteiger charge is 2.19. The summed E-state index contributed by atoms with van der Waals surface area (Å²) >= 11 is 7.37. The Labute approximate surface area is 182 Å². The number of thiophene rings is 1. The number of aromatic carboxylic acids is 1. The van der Waals surface area contributed by atoms with Crippen molar-refractivity contribution in [3.8, 4) is 0 Å². The summed E-state index contributed by atoms with van der Waals surface area (Å²) in [5.74, 6) is -1.41.